The van der Waals surface area contributed by atoms with Crippen LogP contribution in [0.4, 0.5) is 4.79 Å². The largest absolute Gasteiger partial charge is 0.494 e. The van der Waals surface area contributed by atoms with E-state index < -0.39 is 17.3 Å². The minimum Gasteiger partial charge on any atom is -0.494 e. The highest BCUT2D eigenvalue weighted by atomic mass is 16.6. The molecule has 2 aromatic rings. The molecular weight excluding hydrogens is 556 g/mol. The van der Waals surface area contributed by atoms with Crippen LogP contribution in [-0.4, -0.2) is 54.5 Å². The first-order valence-electron chi connectivity index (χ1n) is 15.3. The number of nitrogens with one attached hydrogen (secondary N) is 3. The maximum atomic E-state index is 12.1. The van der Waals surface area contributed by atoms with Crippen molar-refractivity contribution < 1.29 is 23.8 Å². The van der Waals surface area contributed by atoms with Crippen molar-refractivity contribution in [2.45, 2.75) is 99.4 Å². The third-order valence-electron chi connectivity index (χ3n) is 5.75. The maximum absolute atomic E-state index is 12.1. The van der Waals surface area contributed by atoms with E-state index in [0.717, 1.165) is 41.2 Å². The average molecular weight is 609 g/mol. The summed E-state index contributed by atoms with van der Waals surface area (Å²) in [7, 11) is 0. The van der Waals surface area contributed by atoms with Gasteiger partial charge in [0.15, 0.2) is 0 Å². The van der Waals surface area contributed by atoms with Gasteiger partial charge in [0.05, 0.1) is 24.5 Å². The van der Waals surface area contributed by atoms with Crippen molar-refractivity contribution in [3.8, 4) is 17.6 Å². The molecule has 0 radical (unpaired) electrons. The Balaban J connectivity index is 1.98. The van der Waals surface area contributed by atoms with Crippen LogP contribution >= 0.6 is 0 Å². The van der Waals surface area contributed by atoms with E-state index in [1.54, 1.807) is 0 Å². The molecule has 0 spiro atoms. The fraction of sp³-hybridized carbons (Fsp3) is 0.571. The molecule has 3 N–H and O–H groups in total. The van der Waals surface area contributed by atoms with E-state index in [1.807, 2.05) is 77.9 Å². The fourth-order valence-electron chi connectivity index (χ4n) is 3.80. The van der Waals surface area contributed by atoms with Crippen molar-refractivity contribution in [3.63, 3.8) is 0 Å². The standard InChI is InChI=1S/C35H52N4O5/c1-33(2,3)17-19-36-23-28-21-27(22-29(39-28)24-37-25-31(40)43-34(4,5)6)12-11-26-13-15-30(16-14-26)42-20-10-18-38-32(41)44-35(7,8)9/h13-16,21-22,36-37H,10,17-20,23-25H2,1-9H3,(H,38,41). The number of esters is 1. The zero-order valence-electron chi connectivity index (χ0n) is 28.1. The van der Waals surface area contributed by atoms with Crippen molar-refractivity contribution in [3.05, 3.63) is 58.9 Å². The van der Waals surface area contributed by atoms with Gasteiger partial charge in [0.1, 0.15) is 17.0 Å². The summed E-state index contributed by atoms with van der Waals surface area (Å²) in [4.78, 5) is 28.6. The molecule has 0 unspecified atom stereocenters. The predicted octanol–water partition coefficient (Wildman–Crippen LogP) is 5.73. The number of hydrogen-bond donors (Lipinski definition) is 3. The van der Waals surface area contributed by atoms with E-state index in [1.165, 1.54) is 0 Å². The lowest BCUT2D eigenvalue weighted by Gasteiger charge is -2.19. The lowest BCUT2D eigenvalue weighted by molar-refractivity contribution is -0.153. The second-order valence-electron chi connectivity index (χ2n) is 13.9. The third-order valence-corrected chi connectivity index (χ3v) is 5.75. The van der Waals surface area contributed by atoms with Crippen molar-refractivity contribution in [1.29, 1.82) is 0 Å². The molecule has 0 bridgehead atoms. The number of amides is 1. The molecule has 0 saturated heterocycles. The first kappa shape index (κ1) is 36.6. The zero-order chi connectivity index (χ0) is 32.8. The maximum Gasteiger partial charge on any atom is 0.407 e. The molecule has 0 saturated carbocycles. The summed E-state index contributed by atoms with van der Waals surface area (Å²) in [6.45, 7) is 20.7. The number of alkyl carbamates (subject to hydrolysis) is 1. The van der Waals surface area contributed by atoms with Crippen LogP contribution in [0.3, 0.4) is 0 Å². The van der Waals surface area contributed by atoms with Crippen LogP contribution in [-0.2, 0) is 27.4 Å². The fourth-order valence-corrected chi connectivity index (χ4v) is 3.80. The van der Waals surface area contributed by atoms with Crippen molar-refractivity contribution >= 4 is 12.1 Å². The minimum absolute atomic E-state index is 0.0999. The van der Waals surface area contributed by atoms with Crippen LogP contribution in [0.25, 0.3) is 0 Å². The molecule has 1 aromatic heterocycles. The van der Waals surface area contributed by atoms with Gasteiger partial charge in [-0.1, -0.05) is 32.6 Å². The van der Waals surface area contributed by atoms with Gasteiger partial charge < -0.3 is 30.2 Å². The number of hydrogen-bond acceptors (Lipinski definition) is 8. The lowest BCUT2D eigenvalue weighted by Crippen LogP contribution is -2.33. The Hall–Kier alpha value is -3.61. The number of nitrogens with zero attached hydrogens (tertiary/aromatic N) is 1. The lowest BCUT2D eigenvalue weighted by atomic mass is 9.92. The normalized spacial score (nSPS) is 11.8. The van der Waals surface area contributed by atoms with Gasteiger partial charge in [-0.2, -0.15) is 0 Å². The SMILES string of the molecule is CC(C)(C)CCNCc1cc(C#Cc2ccc(OCCCNC(=O)OC(C)(C)C)cc2)cc(CNCC(=O)OC(C)(C)C)n1. The topological polar surface area (TPSA) is 111 Å². The summed E-state index contributed by atoms with van der Waals surface area (Å²) < 4.78 is 16.4. The molecule has 0 aliphatic carbocycles. The van der Waals surface area contributed by atoms with Crippen LogP contribution < -0.4 is 20.7 Å². The minimum atomic E-state index is -0.524. The van der Waals surface area contributed by atoms with Crippen LogP contribution in [0.1, 0.15) is 97.7 Å². The van der Waals surface area contributed by atoms with E-state index in [4.69, 9.17) is 19.2 Å². The van der Waals surface area contributed by atoms with Gasteiger partial charge in [0, 0.05) is 30.8 Å². The highest BCUT2D eigenvalue weighted by molar-refractivity contribution is 5.72. The van der Waals surface area contributed by atoms with Crippen molar-refractivity contribution in [2.24, 2.45) is 5.41 Å². The van der Waals surface area contributed by atoms with Gasteiger partial charge in [-0.25, -0.2) is 4.79 Å². The number of pyridine rings is 1. The smallest absolute Gasteiger partial charge is 0.407 e. The van der Waals surface area contributed by atoms with Gasteiger partial charge in [-0.15, -0.1) is 0 Å². The van der Waals surface area contributed by atoms with Crippen LogP contribution in [0, 0.1) is 17.3 Å². The number of ether oxygens (including phenoxy) is 3. The summed E-state index contributed by atoms with van der Waals surface area (Å²) in [5.41, 5.74) is 2.61. The van der Waals surface area contributed by atoms with Crippen molar-refractivity contribution in [1.82, 2.24) is 20.9 Å². The third kappa shape index (κ3) is 17.5. The zero-order valence-corrected chi connectivity index (χ0v) is 28.1. The quantitative estimate of drug-likeness (QED) is 0.150. The van der Waals surface area contributed by atoms with Gasteiger partial charge in [0.2, 0.25) is 0 Å². The Kier molecular flexibility index (Phi) is 14.2. The van der Waals surface area contributed by atoms with E-state index >= 15 is 0 Å². The van der Waals surface area contributed by atoms with Gasteiger partial charge in [-0.3, -0.25) is 9.78 Å². The average Bonchev–Trinajstić information content (AvgIpc) is 2.88. The molecule has 44 heavy (non-hydrogen) atoms. The summed E-state index contributed by atoms with van der Waals surface area (Å²) in [6, 6.07) is 11.5. The first-order chi connectivity index (χ1) is 20.5. The Bertz CT molecular complexity index is 1260. The second kappa shape index (κ2) is 17.0. The molecule has 9 nitrogen and oxygen atoms in total. The second-order valence-corrected chi connectivity index (χ2v) is 13.9. The molecule has 1 amide bonds. The number of carbonyl (C=O) groups is 2. The molecule has 9 heteroatoms. The van der Waals surface area contributed by atoms with E-state index in [0.29, 0.717) is 32.7 Å². The Labute approximate surface area is 264 Å². The van der Waals surface area contributed by atoms with Gasteiger partial charge in [0.25, 0.3) is 0 Å². The van der Waals surface area contributed by atoms with Crippen LogP contribution in [0.15, 0.2) is 36.4 Å². The number of aromatic nitrogens is 1. The summed E-state index contributed by atoms with van der Waals surface area (Å²) in [5, 5.41) is 9.35. The van der Waals surface area contributed by atoms with Gasteiger partial charge in [-0.05, 0) is 103 Å². The molecule has 1 aromatic carbocycles. The first-order valence-corrected chi connectivity index (χ1v) is 15.3. The number of rotatable bonds is 13. The molecule has 0 fully saturated rings. The van der Waals surface area contributed by atoms with Crippen LogP contribution in [0.5, 0.6) is 5.75 Å². The Morgan fingerprint density at radius 1 is 0.773 bits per heavy atom. The predicted molar refractivity (Wildman–Crippen MR) is 174 cm³/mol. The highest BCUT2D eigenvalue weighted by Gasteiger charge is 2.16. The Morgan fingerprint density at radius 3 is 1.95 bits per heavy atom. The van der Waals surface area contributed by atoms with E-state index in [2.05, 4.69) is 48.6 Å². The van der Waals surface area contributed by atoms with E-state index in [-0.39, 0.29) is 17.9 Å². The van der Waals surface area contributed by atoms with Crippen molar-refractivity contribution in [2.75, 3.05) is 26.2 Å². The van der Waals surface area contributed by atoms with Crippen LogP contribution in [0.2, 0.25) is 0 Å². The summed E-state index contributed by atoms with van der Waals surface area (Å²) in [6.07, 6.45) is 1.28. The Morgan fingerprint density at radius 2 is 1.36 bits per heavy atom. The highest BCUT2D eigenvalue weighted by Crippen LogP contribution is 2.17. The number of benzene rings is 1. The molecule has 242 valence electrons. The molecule has 0 atom stereocenters. The molecule has 0 aliphatic rings. The molecule has 2 rings (SSSR count). The summed E-state index contributed by atoms with van der Waals surface area (Å²) in [5.74, 6) is 6.92. The molecule has 1 heterocycles. The summed E-state index contributed by atoms with van der Waals surface area (Å²) >= 11 is 0. The monoisotopic (exact) mass is 608 g/mol. The molecular formula is C35H52N4O5. The van der Waals surface area contributed by atoms with E-state index in [9.17, 15) is 9.59 Å². The number of carbonyl (C=O) groups excluding carboxylic acids is 2. The van der Waals surface area contributed by atoms with Gasteiger partial charge >= 0.3 is 12.1 Å². The molecule has 0 aliphatic heterocycles.